The standard InChI is InChI=1S/C24H26N4O3S/c1-2-31-24(30)27-14-12-26(13-15-27)22(29)11-10-20-18-28(17-19-7-4-3-5-8-19)25-23(20)21-9-6-16-32-21/h3-11,16,18H,2,12-15,17H2,1H3/b11-10+. The number of carbonyl (C=O) groups is 2. The van der Waals surface area contributed by atoms with E-state index in [0.717, 1.165) is 16.1 Å². The molecule has 1 aromatic carbocycles. The van der Waals surface area contributed by atoms with Crippen LogP contribution in [0.5, 0.6) is 0 Å². The van der Waals surface area contributed by atoms with Gasteiger partial charge in [-0.25, -0.2) is 4.79 Å². The molecular weight excluding hydrogens is 424 g/mol. The van der Waals surface area contributed by atoms with Crippen molar-refractivity contribution in [2.75, 3.05) is 32.8 Å². The first-order valence-electron chi connectivity index (χ1n) is 10.7. The second-order valence-electron chi connectivity index (χ2n) is 7.44. The summed E-state index contributed by atoms with van der Waals surface area (Å²) < 4.78 is 6.95. The van der Waals surface area contributed by atoms with Crippen molar-refractivity contribution in [1.82, 2.24) is 19.6 Å². The highest BCUT2D eigenvalue weighted by molar-refractivity contribution is 7.13. The van der Waals surface area contributed by atoms with E-state index >= 15 is 0 Å². The molecule has 0 bridgehead atoms. The van der Waals surface area contributed by atoms with E-state index in [1.165, 1.54) is 5.56 Å². The van der Waals surface area contributed by atoms with Crippen LogP contribution < -0.4 is 0 Å². The van der Waals surface area contributed by atoms with Gasteiger partial charge in [0.2, 0.25) is 5.91 Å². The van der Waals surface area contributed by atoms with Crippen LogP contribution in [-0.2, 0) is 16.1 Å². The van der Waals surface area contributed by atoms with Crippen LogP contribution in [0.2, 0.25) is 0 Å². The Morgan fingerprint density at radius 2 is 1.81 bits per heavy atom. The molecule has 1 aliphatic heterocycles. The molecule has 0 atom stereocenters. The van der Waals surface area contributed by atoms with Gasteiger partial charge in [0.15, 0.2) is 0 Å². The number of benzene rings is 1. The molecule has 0 N–H and O–H groups in total. The fraction of sp³-hybridized carbons (Fsp3) is 0.292. The SMILES string of the molecule is CCOC(=O)N1CCN(C(=O)/C=C/c2cn(Cc3ccccc3)nc2-c2cccs2)CC1. The van der Waals surface area contributed by atoms with Gasteiger partial charge in [0, 0.05) is 44.0 Å². The third-order valence-corrected chi connectivity index (χ3v) is 6.13. The van der Waals surface area contributed by atoms with E-state index < -0.39 is 0 Å². The Morgan fingerprint density at radius 3 is 2.50 bits per heavy atom. The van der Waals surface area contributed by atoms with Crippen LogP contribution in [0.25, 0.3) is 16.6 Å². The summed E-state index contributed by atoms with van der Waals surface area (Å²) in [6.45, 7) is 4.75. The van der Waals surface area contributed by atoms with Crippen LogP contribution in [0.3, 0.4) is 0 Å². The lowest BCUT2D eigenvalue weighted by molar-refractivity contribution is -0.127. The minimum Gasteiger partial charge on any atom is -0.450 e. The summed E-state index contributed by atoms with van der Waals surface area (Å²) in [7, 11) is 0. The Kier molecular flexibility index (Phi) is 7.01. The summed E-state index contributed by atoms with van der Waals surface area (Å²) in [6.07, 6.45) is 5.09. The molecule has 0 spiro atoms. The molecule has 32 heavy (non-hydrogen) atoms. The summed E-state index contributed by atoms with van der Waals surface area (Å²) in [5, 5.41) is 6.80. The fourth-order valence-electron chi connectivity index (χ4n) is 3.61. The molecule has 8 heteroatoms. The quantitative estimate of drug-likeness (QED) is 0.533. The average molecular weight is 451 g/mol. The number of rotatable bonds is 6. The van der Waals surface area contributed by atoms with E-state index in [9.17, 15) is 9.59 Å². The van der Waals surface area contributed by atoms with E-state index in [1.807, 2.05) is 52.7 Å². The second-order valence-corrected chi connectivity index (χ2v) is 8.39. The van der Waals surface area contributed by atoms with Crippen LogP contribution >= 0.6 is 11.3 Å². The maximum Gasteiger partial charge on any atom is 0.409 e. The number of piperazine rings is 1. The molecule has 0 saturated carbocycles. The van der Waals surface area contributed by atoms with E-state index in [1.54, 1.807) is 34.1 Å². The molecule has 3 aromatic rings. The summed E-state index contributed by atoms with van der Waals surface area (Å²) in [4.78, 5) is 29.1. The van der Waals surface area contributed by atoms with Crippen molar-refractivity contribution in [3.63, 3.8) is 0 Å². The van der Waals surface area contributed by atoms with Gasteiger partial charge in [-0.1, -0.05) is 36.4 Å². The molecular formula is C24H26N4O3S. The third-order valence-electron chi connectivity index (χ3n) is 5.25. The molecule has 166 valence electrons. The Balaban J connectivity index is 1.46. The first-order chi connectivity index (χ1) is 15.6. The van der Waals surface area contributed by atoms with Crippen molar-refractivity contribution in [3.05, 3.63) is 71.2 Å². The normalized spacial score (nSPS) is 14.2. The van der Waals surface area contributed by atoms with Gasteiger partial charge < -0.3 is 14.5 Å². The summed E-state index contributed by atoms with van der Waals surface area (Å²) in [6, 6.07) is 14.2. The van der Waals surface area contributed by atoms with E-state index in [0.29, 0.717) is 39.3 Å². The molecule has 0 aliphatic carbocycles. The van der Waals surface area contributed by atoms with E-state index in [4.69, 9.17) is 9.84 Å². The van der Waals surface area contributed by atoms with Gasteiger partial charge in [0.1, 0.15) is 5.69 Å². The zero-order valence-electron chi connectivity index (χ0n) is 18.0. The summed E-state index contributed by atoms with van der Waals surface area (Å²) in [5.41, 5.74) is 2.94. The minimum atomic E-state index is -0.318. The number of ether oxygens (including phenoxy) is 1. The Morgan fingerprint density at radius 1 is 1.06 bits per heavy atom. The van der Waals surface area contributed by atoms with Crippen LogP contribution in [0.1, 0.15) is 18.1 Å². The van der Waals surface area contributed by atoms with Gasteiger partial charge >= 0.3 is 6.09 Å². The van der Waals surface area contributed by atoms with Gasteiger partial charge in [0.05, 0.1) is 18.0 Å². The highest BCUT2D eigenvalue weighted by atomic mass is 32.1. The molecule has 2 aromatic heterocycles. The molecule has 4 rings (SSSR count). The van der Waals surface area contributed by atoms with E-state index in [-0.39, 0.29) is 12.0 Å². The first kappa shape index (κ1) is 21.8. The highest BCUT2D eigenvalue weighted by Crippen LogP contribution is 2.28. The van der Waals surface area contributed by atoms with Gasteiger partial charge in [-0.15, -0.1) is 11.3 Å². The first-order valence-corrected chi connectivity index (χ1v) is 11.6. The number of nitrogens with zero attached hydrogens (tertiary/aromatic N) is 4. The van der Waals surface area contributed by atoms with Gasteiger partial charge in [-0.2, -0.15) is 5.10 Å². The van der Waals surface area contributed by atoms with Crippen molar-refractivity contribution >= 4 is 29.4 Å². The maximum absolute atomic E-state index is 12.7. The fourth-order valence-corrected chi connectivity index (χ4v) is 4.34. The van der Waals surface area contributed by atoms with Crippen LogP contribution in [-0.4, -0.2) is 64.4 Å². The number of carbonyl (C=O) groups excluding carboxylic acids is 2. The lowest BCUT2D eigenvalue weighted by Gasteiger charge is -2.33. The van der Waals surface area contributed by atoms with Gasteiger partial charge in [-0.3, -0.25) is 9.48 Å². The Bertz CT molecular complexity index is 1070. The lowest BCUT2D eigenvalue weighted by atomic mass is 10.2. The van der Waals surface area contributed by atoms with Crippen molar-refractivity contribution in [3.8, 4) is 10.6 Å². The molecule has 2 amide bonds. The number of thiophene rings is 1. The van der Waals surface area contributed by atoms with Crippen LogP contribution in [0, 0.1) is 0 Å². The molecule has 1 saturated heterocycles. The summed E-state index contributed by atoms with van der Waals surface area (Å²) in [5.74, 6) is -0.0681. The van der Waals surface area contributed by atoms with Crippen molar-refractivity contribution in [2.45, 2.75) is 13.5 Å². The average Bonchev–Trinajstić information content (AvgIpc) is 3.48. The highest BCUT2D eigenvalue weighted by Gasteiger charge is 2.23. The largest absolute Gasteiger partial charge is 0.450 e. The second kappa shape index (κ2) is 10.3. The Labute approximate surface area is 191 Å². The monoisotopic (exact) mass is 450 g/mol. The zero-order valence-corrected chi connectivity index (χ0v) is 18.8. The molecule has 0 unspecified atom stereocenters. The smallest absolute Gasteiger partial charge is 0.409 e. The lowest BCUT2D eigenvalue weighted by Crippen LogP contribution is -2.50. The minimum absolute atomic E-state index is 0.0681. The number of amides is 2. The third kappa shape index (κ3) is 5.26. The van der Waals surface area contributed by atoms with Crippen LogP contribution in [0.4, 0.5) is 4.79 Å². The van der Waals surface area contributed by atoms with Crippen LogP contribution in [0.15, 0.2) is 60.1 Å². The number of hydrogen-bond donors (Lipinski definition) is 0. The van der Waals surface area contributed by atoms with Crippen molar-refractivity contribution in [2.24, 2.45) is 0 Å². The molecule has 0 radical (unpaired) electrons. The number of aromatic nitrogens is 2. The molecule has 7 nitrogen and oxygen atoms in total. The van der Waals surface area contributed by atoms with E-state index in [2.05, 4.69) is 12.1 Å². The predicted octanol–water partition coefficient (Wildman–Crippen LogP) is 3.97. The van der Waals surface area contributed by atoms with Gasteiger partial charge in [-0.05, 0) is 30.0 Å². The zero-order chi connectivity index (χ0) is 22.3. The summed E-state index contributed by atoms with van der Waals surface area (Å²) >= 11 is 1.62. The maximum atomic E-state index is 12.7. The molecule has 3 heterocycles. The molecule has 1 aliphatic rings. The van der Waals surface area contributed by atoms with Crippen molar-refractivity contribution in [1.29, 1.82) is 0 Å². The Hall–Kier alpha value is -3.39. The topological polar surface area (TPSA) is 67.7 Å². The molecule has 1 fully saturated rings. The van der Waals surface area contributed by atoms with Gasteiger partial charge in [0.25, 0.3) is 0 Å². The van der Waals surface area contributed by atoms with Crippen molar-refractivity contribution < 1.29 is 14.3 Å². The number of hydrogen-bond acceptors (Lipinski definition) is 5. The predicted molar refractivity (Wildman–Crippen MR) is 125 cm³/mol.